The lowest BCUT2D eigenvalue weighted by molar-refractivity contribution is -0.0323. The van der Waals surface area contributed by atoms with Gasteiger partial charge in [0.15, 0.2) is 0 Å². The Balaban J connectivity index is 3.82. The third-order valence-corrected chi connectivity index (χ3v) is 0.650. The molecule has 0 saturated carbocycles. The minimum atomic E-state index is -1.27. The van der Waals surface area contributed by atoms with Crippen molar-refractivity contribution in [1.82, 2.24) is 5.06 Å². The van der Waals surface area contributed by atoms with Gasteiger partial charge < -0.3 is 10.5 Å². The van der Waals surface area contributed by atoms with Crippen LogP contribution in [-0.4, -0.2) is 29.0 Å². The van der Waals surface area contributed by atoms with Gasteiger partial charge in [-0.05, 0) is 6.92 Å². The first-order chi connectivity index (χ1) is 4.59. The Bertz CT molecular complexity index is 146. The minimum absolute atomic E-state index is 0.0726. The Kier molecular flexibility index (Phi) is 3.20. The molecule has 58 valence electrons. The van der Waals surface area contributed by atoms with Crippen molar-refractivity contribution in [3.05, 3.63) is 0 Å². The van der Waals surface area contributed by atoms with Gasteiger partial charge in [0, 0.05) is 0 Å². The fourth-order valence-electron chi connectivity index (χ4n) is 0.275. The second-order valence-electron chi connectivity index (χ2n) is 1.35. The van der Waals surface area contributed by atoms with Crippen molar-refractivity contribution >= 4 is 12.1 Å². The summed E-state index contributed by atoms with van der Waals surface area (Å²) in [5.74, 6) is 0. The van der Waals surface area contributed by atoms with Gasteiger partial charge in [0.05, 0.1) is 6.61 Å². The molecule has 3 N–H and O–H groups in total. The number of carbonyl (C=O) groups is 2. The van der Waals surface area contributed by atoms with Crippen molar-refractivity contribution in [2.24, 2.45) is 5.73 Å². The zero-order valence-corrected chi connectivity index (χ0v) is 5.40. The number of hydroxylamine groups is 2. The lowest BCUT2D eigenvalue weighted by Gasteiger charge is -2.07. The van der Waals surface area contributed by atoms with Crippen molar-refractivity contribution in [3.63, 3.8) is 0 Å². The van der Waals surface area contributed by atoms with Gasteiger partial charge in [-0.3, -0.25) is 5.21 Å². The molecule has 0 aliphatic heterocycles. The quantitative estimate of drug-likeness (QED) is 0.401. The summed E-state index contributed by atoms with van der Waals surface area (Å²) in [6.45, 7) is 1.61. The van der Waals surface area contributed by atoms with Gasteiger partial charge >= 0.3 is 12.1 Å². The zero-order valence-electron chi connectivity index (χ0n) is 5.40. The van der Waals surface area contributed by atoms with Crippen LogP contribution in [0.25, 0.3) is 0 Å². The average Bonchev–Trinajstić information content (AvgIpc) is 1.87. The molecule has 0 fully saturated rings. The molecule has 0 unspecified atom stereocenters. The molecule has 0 heterocycles. The number of imide groups is 1. The van der Waals surface area contributed by atoms with E-state index in [4.69, 9.17) is 5.21 Å². The van der Waals surface area contributed by atoms with Crippen LogP contribution in [0, 0.1) is 0 Å². The van der Waals surface area contributed by atoms with Crippen molar-refractivity contribution < 1.29 is 19.5 Å². The van der Waals surface area contributed by atoms with E-state index in [2.05, 4.69) is 10.5 Å². The van der Waals surface area contributed by atoms with Crippen LogP contribution in [-0.2, 0) is 4.74 Å². The van der Waals surface area contributed by atoms with Gasteiger partial charge in [-0.25, -0.2) is 9.59 Å². The summed E-state index contributed by atoms with van der Waals surface area (Å²) < 4.78 is 4.20. The van der Waals surface area contributed by atoms with Crippen LogP contribution >= 0.6 is 0 Å². The average molecular weight is 148 g/mol. The van der Waals surface area contributed by atoms with E-state index in [1.54, 1.807) is 0 Å². The number of hydrogen-bond donors (Lipinski definition) is 2. The zero-order chi connectivity index (χ0) is 8.15. The SMILES string of the molecule is CCOC(=O)N(O)C(N)=O. The van der Waals surface area contributed by atoms with Crippen molar-refractivity contribution in [2.75, 3.05) is 6.61 Å². The van der Waals surface area contributed by atoms with Crippen molar-refractivity contribution in [3.8, 4) is 0 Å². The van der Waals surface area contributed by atoms with Crippen LogP contribution in [0.2, 0.25) is 0 Å². The molecule has 6 nitrogen and oxygen atoms in total. The van der Waals surface area contributed by atoms with E-state index in [1.165, 1.54) is 6.92 Å². The van der Waals surface area contributed by atoms with Gasteiger partial charge in [-0.2, -0.15) is 0 Å². The van der Waals surface area contributed by atoms with Crippen LogP contribution in [0.1, 0.15) is 6.92 Å². The highest BCUT2D eigenvalue weighted by molar-refractivity contribution is 5.87. The normalized spacial score (nSPS) is 8.60. The molecule has 0 atom stereocenters. The maximum Gasteiger partial charge on any atom is 0.442 e. The number of urea groups is 1. The second-order valence-corrected chi connectivity index (χ2v) is 1.35. The number of nitrogens with two attached hydrogens (primary N) is 1. The molecule has 0 radical (unpaired) electrons. The molecule has 0 spiro atoms. The predicted octanol–water partition coefficient (Wildman–Crippen LogP) is -0.0872. The Morgan fingerprint density at radius 1 is 1.70 bits per heavy atom. The summed E-state index contributed by atoms with van der Waals surface area (Å²) in [5.41, 5.74) is 4.50. The standard InChI is InChI=1S/C4H8N2O4/c1-2-10-4(8)6(9)3(5)7/h9H,2H2,1H3,(H2,5,7). The number of carbonyl (C=O) groups excluding carboxylic acids is 2. The summed E-state index contributed by atoms with van der Waals surface area (Å²) in [6.07, 6.45) is -1.17. The maximum absolute atomic E-state index is 10.3. The van der Waals surface area contributed by atoms with Gasteiger partial charge in [0.1, 0.15) is 0 Å². The highest BCUT2D eigenvalue weighted by Gasteiger charge is 2.16. The molecule has 3 amide bonds. The largest absolute Gasteiger partial charge is 0.448 e. The van der Waals surface area contributed by atoms with Crippen molar-refractivity contribution in [1.29, 1.82) is 0 Å². The van der Waals surface area contributed by atoms with Gasteiger partial charge in [0.2, 0.25) is 0 Å². The first-order valence-corrected chi connectivity index (χ1v) is 2.54. The van der Waals surface area contributed by atoms with Crippen LogP contribution in [0.3, 0.4) is 0 Å². The van der Waals surface area contributed by atoms with Crippen LogP contribution in [0.4, 0.5) is 9.59 Å². The monoisotopic (exact) mass is 148 g/mol. The minimum Gasteiger partial charge on any atom is -0.448 e. The molecule has 0 aromatic rings. The number of ether oxygens (including phenoxy) is 1. The lowest BCUT2D eigenvalue weighted by Crippen LogP contribution is -2.38. The van der Waals surface area contributed by atoms with E-state index in [0.717, 1.165) is 0 Å². The van der Waals surface area contributed by atoms with Gasteiger partial charge in [-0.15, -0.1) is 5.06 Å². The molecule has 0 aliphatic rings. The number of hydrogen-bond acceptors (Lipinski definition) is 4. The maximum atomic E-state index is 10.3. The summed E-state index contributed by atoms with van der Waals surface area (Å²) in [6, 6.07) is -1.27. The fourth-order valence-corrected chi connectivity index (χ4v) is 0.275. The molecule has 0 aromatic carbocycles. The summed E-state index contributed by atoms with van der Waals surface area (Å²) in [7, 11) is 0. The lowest BCUT2D eigenvalue weighted by atomic mass is 10.8. The molecule has 0 aliphatic carbocycles. The van der Waals surface area contributed by atoms with Crippen LogP contribution in [0.15, 0.2) is 0 Å². The summed E-state index contributed by atoms with van der Waals surface area (Å²) in [4.78, 5) is 20.4. The molecule has 6 heteroatoms. The first kappa shape index (κ1) is 8.70. The number of rotatable bonds is 1. The Morgan fingerprint density at radius 2 is 2.20 bits per heavy atom. The fraction of sp³-hybridized carbons (Fsp3) is 0.500. The van der Waals surface area contributed by atoms with E-state index in [0.29, 0.717) is 0 Å². The third kappa shape index (κ3) is 2.31. The Labute approximate surface area is 57.1 Å². The van der Waals surface area contributed by atoms with E-state index in [-0.39, 0.29) is 11.7 Å². The second kappa shape index (κ2) is 3.67. The predicted molar refractivity (Wildman–Crippen MR) is 30.2 cm³/mol. The van der Waals surface area contributed by atoms with Crippen LogP contribution < -0.4 is 5.73 Å². The van der Waals surface area contributed by atoms with Crippen LogP contribution in [0.5, 0.6) is 0 Å². The van der Waals surface area contributed by atoms with Gasteiger partial charge in [0.25, 0.3) is 0 Å². The number of amides is 3. The third-order valence-electron chi connectivity index (χ3n) is 0.650. The van der Waals surface area contributed by atoms with Crippen molar-refractivity contribution in [2.45, 2.75) is 6.92 Å². The Morgan fingerprint density at radius 3 is 2.50 bits per heavy atom. The molecule has 10 heavy (non-hydrogen) atoms. The Hall–Kier alpha value is -1.30. The highest BCUT2D eigenvalue weighted by Crippen LogP contribution is 1.87. The van der Waals surface area contributed by atoms with E-state index >= 15 is 0 Å². The molecular formula is C4H8N2O4. The molecule has 0 aromatic heterocycles. The molecular weight excluding hydrogens is 140 g/mol. The van der Waals surface area contributed by atoms with E-state index < -0.39 is 12.1 Å². The highest BCUT2D eigenvalue weighted by atomic mass is 16.6. The topological polar surface area (TPSA) is 92.9 Å². The van der Waals surface area contributed by atoms with Gasteiger partial charge in [-0.1, -0.05) is 0 Å². The summed E-state index contributed by atoms with van der Waals surface area (Å²) >= 11 is 0. The molecule has 0 rings (SSSR count). The van der Waals surface area contributed by atoms with E-state index in [1.807, 2.05) is 0 Å². The number of primary amides is 1. The summed E-state index contributed by atoms with van der Waals surface area (Å²) in [5, 5.41) is 8.11. The molecule has 0 bridgehead atoms. The number of nitrogens with zero attached hydrogens (tertiary/aromatic N) is 1. The smallest absolute Gasteiger partial charge is 0.442 e. The first-order valence-electron chi connectivity index (χ1n) is 2.54. The van der Waals surface area contributed by atoms with E-state index in [9.17, 15) is 9.59 Å². The molecule has 0 saturated heterocycles.